The monoisotopic (exact) mass is 309 g/mol. The average molecular weight is 309 g/mol. The maximum atomic E-state index is 12.7. The molecule has 0 saturated heterocycles. The van der Waals surface area contributed by atoms with E-state index >= 15 is 0 Å². The largest absolute Gasteiger partial charge is 0.398 e. The number of sulfonamides is 1. The van der Waals surface area contributed by atoms with E-state index in [1.165, 1.54) is 17.4 Å². The number of nitrogens with two attached hydrogens (primary N) is 1. The van der Waals surface area contributed by atoms with Crippen molar-refractivity contribution in [2.24, 2.45) is 0 Å². The Morgan fingerprint density at radius 3 is 2.80 bits per heavy atom. The van der Waals surface area contributed by atoms with E-state index in [9.17, 15) is 8.42 Å². The molecule has 2 aromatic rings. The highest BCUT2D eigenvalue weighted by molar-refractivity contribution is 7.91. The normalized spacial score (nSPS) is 15.7. The minimum atomic E-state index is -3.47. The van der Waals surface area contributed by atoms with Gasteiger partial charge in [0.15, 0.2) is 0 Å². The standard InChI is InChI=1S/C13H15N3O2S2/c14-11-6-13(19-9-11)20(17,18)16(12-3-4-12)8-10-2-1-5-15-7-10/h1-2,5-7,9,12H,3-4,8,14H2. The minimum Gasteiger partial charge on any atom is -0.398 e. The number of pyridine rings is 1. The second-order valence-electron chi connectivity index (χ2n) is 4.84. The van der Waals surface area contributed by atoms with Gasteiger partial charge < -0.3 is 5.73 Å². The Kier molecular flexibility index (Phi) is 3.49. The molecule has 2 N–H and O–H groups in total. The molecule has 0 aromatic carbocycles. The Morgan fingerprint density at radius 2 is 2.25 bits per heavy atom. The molecule has 106 valence electrons. The van der Waals surface area contributed by atoms with Crippen LogP contribution in [0.3, 0.4) is 0 Å². The third kappa shape index (κ3) is 2.70. The van der Waals surface area contributed by atoms with E-state index in [0.717, 1.165) is 18.4 Å². The average Bonchev–Trinajstić information content (AvgIpc) is 3.17. The van der Waals surface area contributed by atoms with E-state index in [1.807, 2.05) is 12.1 Å². The predicted molar refractivity (Wildman–Crippen MR) is 78.7 cm³/mol. The number of rotatable bonds is 5. The van der Waals surface area contributed by atoms with E-state index in [-0.39, 0.29) is 6.04 Å². The summed E-state index contributed by atoms with van der Waals surface area (Å²) in [5.74, 6) is 0. The van der Waals surface area contributed by atoms with Gasteiger partial charge in [0, 0.05) is 36.0 Å². The predicted octanol–water partition coefficient (Wildman–Crippen LogP) is 2.08. The van der Waals surface area contributed by atoms with Crippen LogP contribution in [0.1, 0.15) is 18.4 Å². The molecule has 3 rings (SSSR count). The molecule has 1 saturated carbocycles. The molecular weight excluding hydrogens is 294 g/mol. The molecule has 5 nitrogen and oxygen atoms in total. The third-order valence-electron chi connectivity index (χ3n) is 3.17. The van der Waals surface area contributed by atoms with Gasteiger partial charge in [-0.25, -0.2) is 8.42 Å². The quantitative estimate of drug-likeness (QED) is 0.917. The van der Waals surface area contributed by atoms with Crippen molar-refractivity contribution in [3.05, 3.63) is 41.5 Å². The van der Waals surface area contributed by atoms with Gasteiger partial charge in [0.05, 0.1) is 0 Å². The van der Waals surface area contributed by atoms with Crippen LogP contribution in [-0.2, 0) is 16.6 Å². The van der Waals surface area contributed by atoms with E-state index in [0.29, 0.717) is 16.4 Å². The molecule has 0 unspecified atom stereocenters. The van der Waals surface area contributed by atoms with Gasteiger partial charge in [0.2, 0.25) is 0 Å². The maximum Gasteiger partial charge on any atom is 0.253 e. The summed E-state index contributed by atoms with van der Waals surface area (Å²) < 4.78 is 27.3. The van der Waals surface area contributed by atoms with Crippen molar-refractivity contribution in [2.45, 2.75) is 29.6 Å². The number of thiophene rings is 1. The highest BCUT2D eigenvalue weighted by atomic mass is 32.2. The van der Waals surface area contributed by atoms with Crippen molar-refractivity contribution in [3.63, 3.8) is 0 Å². The highest BCUT2D eigenvalue weighted by Gasteiger charge is 2.38. The van der Waals surface area contributed by atoms with E-state index in [2.05, 4.69) is 4.98 Å². The van der Waals surface area contributed by atoms with Crippen LogP contribution in [0.5, 0.6) is 0 Å². The van der Waals surface area contributed by atoms with Gasteiger partial charge in [-0.05, 0) is 30.5 Å². The fourth-order valence-electron chi connectivity index (χ4n) is 2.03. The first kappa shape index (κ1) is 13.5. The Bertz CT molecular complexity index is 693. The molecule has 1 aliphatic carbocycles. The zero-order valence-electron chi connectivity index (χ0n) is 10.8. The lowest BCUT2D eigenvalue weighted by Gasteiger charge is -2.20. The number of hydrogen-bond donors (Lipinski definition) is 1. The minimum absolute atomic E-state index is 0.100. The highest BCUT2D eigenvalue weighted by Crippen LogP contribution is 2.35. The van der Waals surface area contributed by atoms with Crippen LogP contribution in [0, 0.1) is 0 Å². The fraction of sp³-hybridized carbons (Fsp3) is 0.308. The lowest BCUT2D eigenvalue weighted by Crippen LogP contribution is -2.32. The Morgan fingerprint density at radius 1 is 1.45 bits per heavy atom. The van der Waals surface area contributed by atoms with Gasteiger partial charge in [0.1, 0.15) is 4.21 Å². The maximum absolute atomic E-state index is 12.7. The molecule has 0 aliphatic heterocycles. The topological polar surface area (TPSA) is 76.3 Å². The Hall–Kier alpha value is -1.44. The van der Waals surface area contributed by atoms with Crippen molar-refractivity contribution >= 4 is 27.0 Å². The number of hydrogen-bond acceptors (Lipinski definition) is 5. The molecule has 0 amide bonds. The summed E-state index contributed by atoms with van der Waals surface area (Å²) in [6, 6.07) is 5.33. The fourth-order valence-corrected chi connectivity index (χ4v) is 4.91. The molecular formula is C13H15N3O2S2. The third-order valence-corrected chi connectivity index (χ3v) is 6.51. The van der Waals surface area contributed by atoms with Crippen molar-refractivity contribution in [1.82, 2.24) is 9.29 Å². The SMILES string of the molecule is Nc1csc(S(=O)(=O)N(Cc2cccnc2)C2CC2)c1. The first-order valence-electron chi connectivity index (χ1n) is 6.32. The van der Waals surface area contributed by atoms with Crippen LogP contribution in [0.25, 0.3) is 0 Å². The molecule has 20 heavy (non-hydrogen) atoms. The van der Waals surface area contributed by atoms with Crippen LogP contribution >= 0.6 is 11.3 Å². The second kappa shape index (κ2) is 5.16. The Labute approximate surface area is 122 Å². The zero-order valence-corrected chi connectivity index (χ0v) is 12.4. The van der Waals surface area contributed by atoms with Crippen LogP contribution in [-0.4, -0.2) is 23.7 Å². The molecule has 0 radical (unpaired) electrons. The number of nitrogen functional groups attached to an aromatic ring is 1. The van der Waals surface area contributed by atoms with Crippen molar-refractivity contribution in [1.29, 1.82) is 0 Å². The van der Waals surface area contributed by atoms with Crippen LogP contribution in [0.15, 0.2) is 40.2 Å². The van der Waals surface area contributed by atoms with Crippen LogP contribution < -0.4 is 5.73 Å². The summed E-state index contributed by atoms with van der Waals surface area (Å²) in [7, 11) is -3.47. The molecule has 0 spiro atoms. The molecule has 0 bridgehead atoms. The summed E-state index contributed by atoms with van der Waals surface area (Å²) in [4.78, 5) is 4.04. The van der Waals surface area contributed by atoms with Crippen molar-refractivity contribution in [3.8, 4) is 0 Å². The second-order valence-corrected chi connectivity index (χ2v) is 7.87. The van der Waals surface area contributed by atoms with Gasteiger partial charge in [-0.2, -0.15) is 4.31 Å². The summed E-state index contributed by atoms with van der Waals surface area (Å²) in [5, 5.41) is 1.65. The molecule has 2 heterocycles. The molecule has 1 aliphatic rings. The van der Waals surface area contributed by atoms with E-state index in [4.69, 9.17) is 5.73 Å². The molecule has 1 fully saturated rings. The van der Waals surface area contributed by atoms with Gasteiger partial charge in [-0.15, -0.1) is 11.3 Å². The summed E-state index contributed by atoms with van der Waals surface area (Å²) >= 11 is 1.17. The van der Waals surface area contributed by atoms with Crippen molar-refractivity contribution in [2.75, 3.05) is 5.73 Å². The van der Waals surface area contributed by atoms with Crippen molar-refractivity contribution < 1.29 is 8.42 Å². The first-order chi connectivity index (χ1) is 9.57. The molecule has 0 atom stereocenters. The summed E-state index contributed by atoms with van der Waals surface area (Å²) in [6.45, 7) is 0.360. The van der Waals surface area contributed by atoms with Gasteiger partial charge in [0.25, 0.3) is 10.0 Å². The first-order valence-corrected chi connectivity index (χ1v) is 8.64. The van der Waals surface area contributed by atoms with E-state index in [1.54, 1.807) is 22.1 Å². The van der Waals surface area contributed by atoms with E-state index < -0.39 is 10.0 Å². The smallest absolute Gasteiger partial charge is 0.253 e. The Balaban J connectivity index is 1.91. The van der Waals surface area contributed by atoms with Gasteiger partial charge >= 0.3 is 0 Å². The van der Waals surface area contributed by atoms with Crippen LogP contribution in [0.2, 0.25) is 0 Å². The summed E-state index contributed by atoms with van der Waals surface area (Å²) in [6.07, 6.45) is 5.22. The number of anilines is 1. The zero-order chi connectivity index (χ0) is 14.2. The molecule has 2 aromatic heterocycles. The molecule has 7 heteroatoms. The number of nitrogens with zero attached hydrogens (tertiary/aromatic N) is 2. The summed E-state index contributed by atoms with van der Waals surface area (Å²) in [5.41, 5.74) is 7.02. The lowest BCUT2D eigenvalue weighted by molar-refractivity contribution is 0.399. The number of aromatic nitrogens is 1. The van der Waals surface area contributed by atoms with Gasteiger partial charge in [-0.3, -0.25) is 4.98 Å². The van der Waals surface area contributed by atoms with Crippen LogP contribution in [0.4, 0.5) is 5.69 Å². The van der Waals surface area contributed by atoms with Gasteiger partial charge in [-0.1, -0.05) is 6.07 Å². The lowest BCUT2D eigenvalue weighted by atomic mass is 10.3.